The lowest BCUT2D eigenvalue weighted by atomic mass is 9.68. The van der Waals surface area contributed by atoms with Crippen molar-refractivity contribution in [2.24, 2.45) is 5.73 Å². The van der Waals surface area contributed by atoms with E-state index in [1.807, 2.05) is 41.3 Å². The van der Waals surface area contributed by atoms with Crippen LogP contribution in [0.5, 0.6) is 0 Å². The Bertz CT molecular complexity index is 959. The summed E-state index contributed by atoms with van der Waals surface area (Å²) in [5.74, 6) is -0.284. The lowest BCUT2D eigenvalue weighted by Gasteiger charge is -2.40. The van der Waals surface area contributed by atoms with Gasteiger partial charge in [0.15, 0.2) is 0 Å². The molecule has 2 aromatic rings. The van der Waals surface area contributed by atoms with Gasteiger partial charge in [-0.3, -0.25) is 4.79 Å². The molecule has 1 amide bonds. The number of amides is 1. The maximum absolute atomic E-state index is 14.3. The van der Waals surface area contributed by atoms with Crippen LogP contribution < -0.4 is 5.73 Å². The van der Waals surface area contributed by atoms with Gasteiger partial charge in [0.2, 0.25) is 5.91 Å². The molecule has 0 spiro atoms. The molecule has 0 radical (unpaired) electrons. The quantitative estimate of drug-likeness (QED) is 0.314. The molecule has 0 saturated heterocycles. The summed E-state index contributed by atoms with van der Waals surface area (Å²) in [5.41, 5.74) is 7.29. The lowest BCUT2D eigenvalue weighted by Crippen LogP contribution is -2.48. The highest BCUT2D eigenvalue weighted by molar-refractivity contribution is 6.30. The van der Waals surface area contributed by atoms with Crippen molar-refractivity contribution in [3.63, 3.8) is 0 Å². The molecule has 0 heterocycles. The molecule has 0 aliphatic heterocycles. The molecule has 8 heteroatoms. The average molecular weight is 517 g/mol. The second-order valence-corrected chi connectivity index (χ2v) is 9.51. The van der Waals surface area contributed by atoms with Gasteiger partial charge in [-0.1, -0.05) is 55.1 Å². The van der Waals surface area contributed by atoms with Gasteiger partial charge in [-0.25, -0.2) is 4.79 Å². The molecule has 0 atom stereocenters. The summed E-state index contributed by atoms with van der Waals surface area (Å²) in [4.78, 5) is 28.0. The fourth-order valence-electron chi connectivity index (χ4n) is 4.77. The normalized spacial score (nSPS) is 14.9. The minimum atomic E-state index is -0.584. The summed E-state index contributed by atoms with van der Waals surface area (Å²) < 4.78 is 15.9. The Morgan fingerprint density at radius 3 is 2.17 bits per heavy atom. The molecule has 2 aromatic carbocycles. The predicted molar refractivity (Wildman–Crippen MR) is 140 cm³/mol. The fourth-order valence-corrected chi connectivity index (χ4v) is 4.90. The Morgan fingerprint density at radius 1 is 0.917 bits per heavy atom. The Morgan fingerprint density at radius 2 is 1.56 bits per heavy atom. The molecule has 1 saturated carbocycles. The van der Waals surface area contributed by atoms with E-state index < -0.39 is 5.41 Å². The second-order valence-electron chi connectivity index (χ2n) is 9.08. The van der Waals surface area contributed by atoms with Gasteiger partial charge in [-0.2, -0.15) is 0 Å². The van der Waals surface area contributed by atoms with E-state index in [0.717, 1.165) is 43.2 Å². The number of benzene rings is 2. The van der Waals surface area contributed by atoms with Crippen LogP contribution in [-0.4, -0.2) is 63.4 Å². The zero-order chi connectivity index (χ0) is 25.8. The van der Waals surface area contributed by atoms with Crippen molar-refractivity contribution in [2.45, 2.75) is 44.1 Å². The van der Waals surface area contributed by atoms with Crippen LogP contribution in [0.2, 0.25) is 5.02 Å². The SMILES string of the molecule is COC(=O)c1ccc(CN(CCOCCOCCN)C(=O)C2(c3ccc(Cl)cc3)CCCCC2)cc1. The molecule has 36 heavy (non-hydrogen) atoms. The molecule has 0 aromatic heterocycles. The number of rotatable bonds is 13. The Labute approximate surface area is 218 Å². The van der Waals surface area contributed by atoms with E-state index in [0.29, 0.717) is 56.6 Å². The van der Waals surface area contributed by atoms with Gasteiger partial charge in [-0.15, -0.1) is 0 Å². The van der Waals surface area contributed by atoms with Crippen molar-refractivity contribution in [2.75, 3.05) is 46.6 Å². The number of esters is 1. The van der Waals surface area contributed by atoms with E-state index in [4.69, 9.17) is 31.5 Å². The number of nitrogens with zero attached hydrogens (tertiary/aromatic N) is 1. The van der Waals surface area contributed by atoms with Crippen molar-refractivity contribution in [1.82, 2.24) is 4.90 Å². The van der Waals surface area contributed by atoms with E-state index in [9.17, 15) is 9.59 Å². The Balaban J connectivity index is 1.80. The molecule has 3 rings (SSSR count). The van der Waals surface area contributed by atoms with Crippen LogP contribution in [0.3, 0.4) is 0 Å². The topological polar surface area (TPSA) is 91.1 Å². The molecule has 1 aliphatic rings. The van der Waals surface area contributed by atoms with E-state index in [1.165, 1.54) is 7.11 Å². The van der Waals surface area contributed by atoms with E-state index in [1.54, 1.807) is 12.1 Å². The number of hydrogen-bond acceptors (Lipinski definition) is 6. The number of methoxy groups -OCH3 is 1. The number of hydrogen-bond donors (Lipinski definition) is 1. The van der Waals surface area contributed by atoms with Crippen LogP contribution in [0.25, 0.3) is 0 Å². The number of ether oxygens (including phenoxy) is 3. The molecular formula is C28H37ClN2O5. The number of halogens is 1. The highest BCUT2D eigenvalue weighted by Crippen LogP contribution is 2.41. The second kappa shape index (κ2) is 14.3. The highest BCUT2D eigenvalue weighted by Gasteiger charge is 2.43. The summed E-state index contributed by atoms with van der Waals surface area (Å²) in [5, 5.41) is 0.657. The molecular weight excluding hydrogens is 480 g/mol. The summed E-state index contributed by atoms with van der Waals surface area (Å²) in [6.07, 6.45) is 4.75. The van der Waals surface area contributed by atoms with Gasteiger partial charge in [0.25, 0.3) is 0 Å². The van der Waals surface area contributed by atoms with Crippen molar-refractivity contribution in [1.29, 1.82) is 0 Å². The average Bonchev–Trinajstić information content (AvgIpc) is 2.92. The van der Waals surface area contributed by atoms with E-state index in [-0.39, 0.29) is 11.9 Å². The van der Waals surface area contributed by atoms with Crippen LogP contribution in [-0.2, 0) is 31.0 Å². The van der Waals surface area contributed by atoms with Gasteiger partial charge in [0.05, 0.1) is 44.5 Å². The highest BCUT2D eigenvalue weighted by atomic mass is 35.5. The van der Waals surface area contributed by atoms with Crippen molar-refractivity contribution in [3.8, 4) is 0 Å². The fraction of sp³-hybridized carbons (Fsp3) is 0.500. The van der Waals surface area contributed by atoms with Gasteiger partial charge >= 0.3 is 5.97 Å². The summed E-state index contributed by atoms with van der Waals surface area (Å²) in [7, 11) is 1.36. The van der Waals surface area contributed by atoms with Gasteiger partial charge in [0.1, 0.15) is 0 Å². The van der Waals surface area contributed by atoms with Gasteiger partial charge in [0, 0.05) is 24.7 Å². The van der Waals surface area contributed by atoms with Gasteiger partial charge in [-0.05, 0) is 48.2 Å². The van der Waals surface area contributed by atoms with Gasteiger partial charge < -0.3 is 24.8 Å². The first-order valence-corrected chi connectivity index (χ1v) is 13.0. The zero-order valence-electron chi connectivity index (χ0n) is 21.0. The van der Waals surface area contributed by atoms with Crippen molar-refractivity contribution >= 4 is 23.5 Å². The first kappa shape index (κ1) is 28.1. The van der Waals surface area contributed by atoms with E-state index >= 15 is 0 Å². The third kappa shape index (κ3) is 7.53. The minimum Gasteiger partial charge on any atom is -0.465 e. The summed E-state index contributed by atoms with van der Waals surface area (Å²) in [6.45, 7) is 3.15. The third-order valence-electron chi connectivity index (χ3n) is 6.69. The molecule has 0 unspecified atom stereocenters. The largest absolute Gasteiger partial charge is 0.465 e. The minimum absolute atomic E-state index is 0.101. The molecule has 7 nitrogen and oxygen atoms in total. The summed E-state index contributed by atoms with van der Waals surface area (Å²) >= 11 is 6.16. The third-order valence-corrected chi connectivity index (χ3v) is 6.94. The molecule has 1 fully saturated rings. The van der Waals surface area contributed by atoms with Crippen molar-refractivity contribution in [3.05, 3.63) is 70.2 Å². The molecule has 196 valence electrons. The molecule has 0 bridgehead atoms. The van der Waals surface area contributed by atoms with E-state index in [2.05, 4.69) is 0 Å². The predicted octanol–water partition coefficient (Wildman–Crippen LogP) is 4.35. The molecule has 2 N–H and O–H groups in total. The lowest BCUT2D eigenvalue weighted by molar-refractivity contribution is -0.140. The zero-order valence-corrected chi connectivity index (χ0v) is 21.8. The first-order valence-electron chi connectivity index (χ1n) is 12.6. The van der Waals surface area contributed by atoms with Crippen LogP contribution in [0.15, 0.2) is 48.5 Å². The Hall–Kier alpha value is -2.45. The smallest absolute Gasteiger partial charge is 0.337 e. The standard InChI is InChI=1S/C28H37ClN2O5/c1-34-26(32)23-7-5-22(6-8-23)21-31(16-18-36-20-19-35-17-15-30)27(33)28(13-3-2-4-14-28)24-9-11-25(29)12-10-24/h5-12H,2-4,13-21,30H2,1H3. The maximum atomic E-state index is 14.3. The van der Waals surface area contributed by atoms with Crippen LogP contribution >= 0.6 is 11.6 Å². The number of nitrogens with two attached hydrogens (primary N) is 1. The number of carbonyl (C=O) groups excluding carboxylic acids is 2. The van der Waals surface area contributed by atoms with Crippen LogP contribution in [0, 0.1) is 0 Å². The maximum Gasteiger partial charge on any atom is 0.337 e. The van der Waals surface area contributed by atoms with Crippen LogP contribution in [0.4, 0.5) is 0 Å². The van der Waals surface area contributed by atoms with Crippen LogP contribution in [0.1, 0.15) is 53.6 Å². The van der Waals surface area contributed by atoms with Crippen molar-refractivity contribution < 1.29 is 23.8 Å². The molecule has 1 aliphatic carbocycles. The monoisotopic (exact) mass is 516 g/mol. The summed E-state index contributed by atoms with van der Waals surface area (Å²) in [6, 6.07) is 14.9. The first-order chi connectivity index (χ1) is 17.5. The number of carbonyl (C=O) groups is 2. The Kier molecular flexibility index (Phi) is 11.2.